The van der Waals surface area contributed by atoms with Crippen LogP contribution in [0.4, 0.5) is 26.3 Å². The van der Waals surface area contributed by atoms with Crippen LogP contribution < -0.4 is 0 Å². The molecule has 0 unspecified atom stereocenters. The first-order valence-electron chi connectivity index (χ1n) is 15.7. The highest BCUT2D eigenvalue weighted by atomic mass is 19.4. The molecule has 0 bridgehead atoms. The van der Waals surface area contributed by atoms with E-state index in [1.807, 2.05) is 114 Å². The van der Waals surface area contributed by atoms with Crippen LogP contribution in [0, 0.1) is 25.2 Å². The van der Waals surface area contributed by atoms with Gasteiger partial charge in [-0.3, -0.25) is 0 Å². The van der Waals surface area contributed by atoms with Crippen molar-refractivity contribution < 1.29 is 26.3 Å². The molecule has 0 fully saturated rings. The molecule has 0 aliphatic carbocycles. The van der Waals surface area contributed by atoms with Crippen LogP contribution in [0.2, 0.25) is 0 Å². The molecule has 0 radical (unpaired) electrons. The van der Waals surface area contributed by atoms with E-state index in [-0.39, 0.29) is 5.56 Å². The number of aryl methyl sites for hydroxylation is 2. The van der Waals surface area contributed by atoms with Gasteiger partial charge in [0.25, 0.3) is 0 Å². The number of halogens is 6. The van der Waals surface area contributed by atoms with Crippen molar-refractivity contribution in [1.29, 1.82) is 5.26 Å². The number of benzene rings is 6. The molecule has 6 aromatic carbocycles. The summed E-state index contributed by atoms with van der Waals surface area (Å²) in [7, 11) is 0. The van der Waals surface area contributed by atoms with Gasteiger partial charge in [-0.25, -0.2) is 0 Å². The van der Waals surface area contributed by atoms with Gasteiger partial charge in [-0.05, 0) is 73.5 Å². The summed E-state index contributed by atoms with van der Waals surface area (Å²) in [5, 5.41) is 14.0. The number of para-hydroxylation sites is 2. The highest BCUT2D eigenvalue weighted by Gasteiger charge is 2.42. The van der Waals surface area contributed by atoms with Gasteiger partial charge in [-0.1, -0.05) is 66.7 Å². The van der Waals surface area contributed by atoms with Gasteiger partial charge >= 0.3 is 12.4 Å². The van der Waals surface area contributed by atoms with Crippen molar-refractivity contribution in [2.45, 2.75) is 26.2 Å². The largest absolute Gasteiger partial charge is 0.417 e. The number of fused-ring (bicyclic) bond motifs is 6. The predicted molar refractivity (Wildman–Crippen MR) is 185 cm³/mol. The minimum atomic E-state index is -5.14. The lowest BCUT2D eigenvalue weighted by atomic mass is 9.89. The molecule has 0 N–H and O–H groups in total. The Morgan fingerprint density at radius 1 is 0.500 bits per heavy atom. The summed E-state index contributed by atoms with van der Waals surface area (Å²) in [6.45, 7) is 3.85. The predicted octanol–water partition coefficient (Wildman–Crippen LogP) is 12.1. The Hall–Kier alpha value is -6.01. The van der Waals surface area contributed by atoms with Crippen LogP contribution in [0.25, 0.3) is 66.1 Å². The first-order valence-corrected chi connectivity index (χ1v) is 15.7. The molecule has 0 aliphatic rings. The van der Waals surface area contributed by atoms with Crippen molar-refractivity contribution in [3.05, 3.63) is 143 Å². The van der Waals surface area contributed by atoms with Crippen molar-refractivity contribution in [2.24, 2.45) is 0 Å². The van der Waals surface area contributed by atoms with Crippen molar-refractivity contribution >= 4 is 43.6 Å². The number of alkyl halides is 6. The molecule has 8 rings (SSSR count). The summed E-state index contributed by atoms with van der Waals surface area (Å²) in [5.74, 6) is 0. The third-order valence-electron chi connectivity index (χ3n) is 9.32. The number of nitriles is 1. The van der Waals surface area contributed by atoms with Crippen molar-refractivity contribution in [1.82, 2.24) is 9.13 Å². The smallest absolute Gasteiger partial charge is 0.307 e. The maximum atomic E-state index is 14.6. The number of aromatic nitrogens is 2. The normalized spacial score (nSPS) is 12.4. The van der Waals surface area contributed by atoms with E-state index < -0.39 is 34.6 Å². The zero-order valence-corrected chi connectivity index (χ0v) is 26.6. The lowest BCUT2D eigenvalue weighted by Gasteiger charge is -2.23. The maximum absolute atomic E-state index is 14.6. The van der Waals surface area contributed by atoms with E-state index in [1.165, 1.54) is 12.1 Å². The summed E-state index contributed by atoms with van der Waals surface area (Å²) in [6, 6.07) is 33.6. The van der Waals surface area contributed by atoms with Crippen molar-refractivity contribution in [3.63, 3.8) is 0 Å². The Bertz CT molecular complexity index is 2690. The lowest BCUT2D eigenvalue weighted by molar-refractivity contribution is -0.142. The summed E-state index contributed by atoms with van der Waals surface area (Å²) < 4.78 is 91.4. The summed E-state index contributed by atoms with van der Waals surface area (Å²) in [6.07, 6.45) is -10.3. The second-order valence-electron chi connectivity index (χ2n) is 12.5. The Morgan fingerprint density at radius 3 is 1.40 bits per heavy atom. The molecule has 50 heavy (non-hydrogen) atoms. The third-order valence-corrected chi connectivity index (χ3v) is 9.32. The van der Waals surface area contributed by atoms with Gasteiger partial charge in [0.2, 0.25) is 0 Å². The number of hydrogen-bond donors (Lipinski definition) is 0. The fourth-order valence-electron chi connectivity index (χ4n) is 7.23. The molecule has 0 saturated carbocycles. The molecule has 8 aromatic rings. The molecule has 0 amide bonds. The average molecular weight is 674 g/mol. The van der Waals surface area contributed by atoms with Gasteiger partial charge in [0.1, 0.15) is 0 Å². The van der Waals surface area contributed by atoms with E-state index in [0.717, 1.165) is 49.8 Å². The number of nitrogens with zero attached hydrogens (tertiary/aromatic N) is 3. The molecule has 3 nitrogen and oxygen atoms in total. The third kappa shape index (κ3) is 4.74. The van der Waals surface area contributed by atoms with Crippen LogP contribution in [0.15, 0.2) is 115 Å². The fraction of sp³-hybridized carbons (Fsp3) is 0.0976. The van der Waals surface area contributed by atoms with Crippen LogP contribution in [0.1, 0.15) is 27.8 Å². The van der Waals surface area contributed by atoms with Crippen molar-refractivity contribution in [2.75, 3.05) is 0 Å². The molecular weight excluding hydrogens is 648 g/mol. The van der Waals surface area contributed by atoms with E-state index in [9.17, 15) is 31.6 Å². The Labute approximate surface area is 281 Å². The number of rotatable bonds is 3. The topological polar surface area (TPSA) is 33.6 Å². The van der Waals surface area contributed by atoms with E-state index in [1.54, 1.807) is 0 Å². The molecule has 0 saturated heterocycles. The van der Waals surface area contributed by atoms with Gasteiger partial charge in [0.05, 0.1) is 56.2 Å². The zero-order valence-electron chi connectivity index (χ0n) is 26.6. The quantitative estimate of drug-likeness (QED) is 0.172. The van der Waals surface area contributed by atoms with Gasteiger partial charge in [-0.15, -0.1) is 0 Å². The first-order chi connectivity index (χ1) is 23.9. The second kappa shape index (κ2) is 11.0. The summed E-state index contributed by atoms with van der Waals surface area (Å²) in [4.78, 5) is 0. The standard InChI is InChI=1S/C41H25F6N3/c1-23-14-16-28-26-8-3-5-12-33(26)49(35(28)18-23)37-20-25(22-48)30(39-31(40(42,43)44)10-7-11-32(39)41(45,46)47)21-38(37)50-34-13-6-4-9-27(34)29-17-15-24(2)19-36(29)50/h3-21H,1-2H3. The SMILES string of the molecule is Cc1ccc2c3ccccc3n(-c3cc(C#N)c(-c4c(C(F)(F)F)cccc4C(F)(F)F)cc3-n3c4ccccc4c4ccc(C)cc43)c2c1. The Balaban J connectivity index is 1.62. The molecule has 9 heteroatoms. The summed E-state index contributed by atoms with van der Waals surface area (Å²) in [5.41, 5.74) is 0.670. The minimum Gasteiger partial charge on any atom is -0.307 e. The molecule has 2 heterocycles. The molecular formula is C41H25F6N3. The fourth-order valence-corrected chi connectivity index (χ4v) is 7.23. The maximum Gasteiger partial charge on any atom is 0.417 e. The van der Waals surface area contributed by atoms with Gasteiger partial charge < -0.3 is 9.13 Å². The molecule has 0 aliphatic heterocycles. The van der Waals surface area contributed by atoms with Gasteiger partial charge in [0.15, 0.2) is 0 Å². The van der Waals surface area contributed by atoms with E-state index in [0.29, 0.717) is 34.5 Å². The van der Waals surface area contributed by atoms with Crippen LogP contribution in [0.3, 0.4) is 0 Å². The summed E-state index contributed by atoms with van der Waals surface area (Å²) >= 11 is 0. The molecule has 0 atom stereocenters. The monoisotopic (exact) mass is 673 g/mol. The highest BCUT2D eigenvalue weighted by Crippen LogP contribution is 2.48. The van der Waals surface area contributed by atoms with E-state index in [2.05, 4.69) is 0 Å². The Morgan fingerprint density at radius 2 is 0.940 bits per heavy atom. The van der Waals surface area contributed by atoms with Crippen LogP contribution in [-0.2, 0) is 12.4 Å². The van der Waals surface area contributed by atoms with Crippen LogP contribution >= 0.6 is 0 Å². The average Bonchev–Trinajstić information content (AvgIpc) is 3.58. The van der Waals surface area contributed by atoms with E-state index >= 15 is 0 Å². The Kier molecular flexibility index (Phi) is 6.88. The first kappa shape index (κ1) is 31.3. The highest BCUT2D eigenvalue weighted by molar-refractivity contribution is 6.12. The van der Waals surface area contributed by atoms with Gasteiger partial charge in [0, 0.05) is 32.7 Å². The molecule has 0 spiro atoms. The number of hydrogen-bond acceptors (Lipinski definition) is 1. The van der Waals surface area contributed by atoms with Crippen molar-refractivity contribution in [3.8, 4) is 28.6 Å². The minimum absolute atomic E-state index is 0.310. The van der Waals surface area contributed by atoms with E-state index in [4.69, 9.17) is 0 Å². The van der Waals surface area contributed by atoms with Crippen LogP contribution in [0.5, 0.6) is 0 Å². The lowest BCUT2D eigenvalue weighted by Crippen LogP contribution is -2.15. The molecule has 2 aromatic heterocycles. The zero-order chi connectivity index (χ0) is 35.1. The van der Waals surface area contributed by atoms with Gasteiger partial charge in [-0.2, -0.15) is 31.6 Å². The molecule has 246 valence electrons. The van der Waals surface area contributed by atoms with Crippen LogP contribution in [-0.4, -0.2) is 9.13 Å². The second-order valence-corrected chi connectivity index (χ2v) is 12.5.